The molecule has 0 fully saturated rings. The summed E-state index contributed by atoms with van der Waals surface area (Å²) in [5.41, 5.74) is 0.919. The van der Waals surface area contributed by atoms with Crippen LogP contribution < -0.4 is 5.32 Å². The quantitative estimate of drug-likeness (QED) is 0.669. The predicted octanol–water partition coefficient (Wildman–Crippen LogP) is 2.76. The predicted molar refractivity (Wildman–Crippen MR) is 80.4 cm³/mol. The first-order valence-corrected chi connectivity index (χ1v) is 7.28. The lowest BCUT2D eigenvalue weighted by molar-refractivity contribution is -0.141. The van der Waals surface area contributed by atoms with Crippen LogP contribution >= 0.6 is 0 Å². The van der Waals surface area contributed by atoms with Gasteiger partial charge in [0.2, 0.25) is 5.91 Å². The van der Waals surface area contributed by atoms with Gasteiger partial charge in [-0.1, -0.05) is 42.5 Å². The molecule has 1 aliphatic rings. The van der Waals surface area contributed by atoms with Gasteiger partial charge in [-0.2, -0.15) is 0 Å². The van der Waals surface area contributed by atoms with Gasteiger partial charge >= 0.3 is 5.97 Å². The van der Waals surface area contributed by atoms with Gasteiger partial charge in [0.15, 0.2) is 0 Å². The van der Waals surface area contributed by atoms with Crippen LogP contribution in [0.25, 0.3) is 0 Å². The molecule has 1 aliphatic carbocycles. The Balaban J connectivity index is 2.06. The van der Waals surface area contributed by atoms with Crippen LogP contribution in [0.15, 0.2) is 42.5 Å². The Hall–Kier alpha value is -2.10. The average Bonchev–Trinajstić information content (AvgIpc) is 2.55. The molecule has 1 aromatic carbocycles. The third-order valence-electron chi connectivity index (χ3n) is 3.76. The Labute approximate surface area is 125 Å². The van der Waals surface area contributed by atoms with Gasteiger partial charge < -0.3 is 10.1 Å². The van der Waals surface area contributed by atoms with Gasteiger partial charge in [0.25, 0.3) is 0 Å². The van der Waals surface area contributed by atoms with Crippen molar-refractivity contribution in [2.75, 3.05) is 7.11 Å². The van der Waals surface area contributed by atoms with E-state index < -0.39 is 0 Å². The van der Waals surface area contributed by atoms with Crippen molar-refractivity contribution in [1.29, 1.82) is 0 Å². The molecular formula is C17H21NO3. The Bertz CT molecular complexity index is 510. The second-order valence-electron chi connectivity index (χ2n) is 5.23. The molecule has 0 spiro atoms. The summed E-state index contributed by atoms with van der Waals surface area (Å²) in [6.07, 6.45) is 6.87. The Kier molecular flexibility index (Phi) is 5.55. The van der Waals surface area contributed by atoms with Crippen molar-refractivity contribution in [2.45, 2.75) is 31.7 Å². The van der Waals surface area contributed by atoms with E-state index in [-0.39, 0.29) is 30.3 Å². The van der Waals surface area contributed by atoms with Crippen LogP contribution in [-0.4, -0.2) is 19.0 Å². The van der Waals surface area contributed by atoms with Crippen molar-refractivity contribution in [1.82, 2.24) is 5.32 Å². The summed E-state index contributed by atoms with van der Waals surface area (Å²) in [5, 5.41) is 2.99. The van der Waals surface area contributed by atoms with E-state index >= 15 is 0 Å². The first kappa shape index (κ1) is 15.3. The van der Waals surface area contributed by atoms with Gasteiger partial charge in [0.1, 0.15) is 0 Å². The maximum atomic E-state index is 12.4. The molecule has 1 amide bonds. The lowest BCUT2D eigenvalue weighted by atomic mass is 9.92. The fourth-order valence-corrected chi connectivity index (χ4v) is 2.51. The number of ether oxygens (including phenoxy) is 1. The molecule has 0 aromatic heterocycles. The van der Waals surface area contributed by atoms with Crippen LogP contribution in [0.1, 0.15) is 37.3 Å². The minimum absolute atomic E-state index is 0.00106. The molecule has 1 N–H and O–H groups in total. The minimum atomic E-state index is -0.336. The van der Waals surface area contributed by atoms with Gasteiger partial charge in [0.05, 0.1) is 19.6 Å². The van der Waals surface area contributed by atoms with E-state index in [1.54, 1.807) is 0 Å². The summed E-state index contributed by atoms with van der Waals surface area (Å²) in [5.74, 6) is -0.316. The third kappa shape index (κ3) is 4.45. The van der Waals surface area contributed by atoms with Gasteiger partial charge in [-0.15, -0.1) is 0 Å². The lowest BCUT2D eigenvalue weighted by Crippen LogP contribution is -2.35. The highest BCUT2D eigenvalue weighted by Crippen LogP contribution is 2.22. The van der Waals surface area contributed by atoms with Crippen LogP contribution in [-0.2, 0) is 14.3 Å². The molecule has 0 aliphatic heterocycles. The highest BCUT2D eigenvalue weighted by Gasteiger charge is 2.24. The van der Waals surface area contributed by atoms with Gasteiger partial charge in [-0.05, 0) is 24.8 Å². The summed E-state index contributed by atoms with van der Waals surface area (Å²) >= 11 is 0. The van der Waals surface area contributed by atoms with E-state index in [1.807, 2.05) is 36.4 Å². The van der Waals surface area contributed by atoms with Crippen LogP contribution in [0.4, 0.5) is 0 Å². The lowest BCUT2D eigenvalue weighted by Gasteiger charge is -2.23. The summed E-state index contributed by atoms with van der Waals surface area (Å²) in [6, 6.07) is 9.19. The number of benzene rings is 1. The summed E-state index contributed by atoms with van der Waals surface area (Å²) in [6.45, 7) is 0. The summed E-state index contributed by atoms with van der Waals surface area (Å²) in [7, 11) is 1.36. The van der Waals surface area contributed by atoms with Crippen molar-refractivity contribution < 1.29 is 14.3 Å². The fraction of sp³-hybridized carbons (Fsp3) is 0.412. The second kappa shape index (κ2) is 7.62. The number of esters is 1. The Morgan fingerprint density at radius 3 is 2.67 bits per heavy atom. The average molecular weight is 287 g/mol. The Morgan fingerprint density at radius 1 is 1.29 bits per heavy atom. The third-order valence-corrected chi connectivity index (χ3v) is 3.76. The van der Waals surface area contributed by atoms with Crippen molar-refractivity contribution in [3.8, 4) is 0 Å². The minimum Gasteiger partial charge on any atom is -0.469 e. The zero-order valence-electron chi connectivity index (χ0n) is 12.2. The monoisotopic (exact) mass is 287 g/mol. The zero-order valence-corrected chi connectivity index (χ0v) is 12.2. The van der Waals surface area contributed by atoms with E-state index in [9.17, 15) is 9.59 Å². The number of hydrogen-bond acceptors (Lipinski definition) is 3. The van der Waals surface area contributed by atoms with Crippen LogP contribution in [0.3, 0.4) is 0 Å². The number of rotatable bonds is 5. The van der Waals surface area contributed by atoms with E-state index in [0.29, 0.717) is 0 Å². The molecule has 2 atom stereocenters. The van der Waals surface area contributed by atoms with E-state index in [4.69, 9.17) is 4.74 Å². The van der Waals surface area contributed by atoms with Crippen molar-refractivity contribution in [3.63, 3.8) is 0 Å². The van der Waals surface area contributed by atoms with Crippen LogP contribution in [0.2, 0.25) is 0 Å². The molecule has 0 bridgehead atoms. The van der Waals surface area contributed by atoms with Crippen LogP contribution in [0, 0.1) is 5.92 Å². The Morgan fingerprint density at radius 2 is 2.05 bits per heavy atom. The van der Waals surface area contributed by atoms with Crippen molar-refractivity contribution in [2.24, 2.45) is 5.92 Å². The second-order valence-corrected chi connectivity index (χ2v) is 5.23. The molecule has 4 heteroatoms. The number of allylic oxidation sites excluding steroid dienone is 2. The maximum absolute atomic E-state index is 12.4. The van der Waals surface area contributed by atoms with E-state index in [0.717, 1.165) is 24.8 Å². The van der Waals surface area contributed by atoms with Gasteiger partial charge in [-0.3, -0.25) is 9.59 Å². The number of carbonyl (C=O) groups excluding carboxylic acids is 2. The van der Waals surface area contributed by atoms with Crippen molar-refractivity contribution in [3.05, 3.63) is 48.0 Å². The molecule has 1 aromatic rings. The number of methoxy groups -OCH3 is 1. The molecule has 2 rings (SSSR count). The molecule has 0 heterocycles. The first-order valence-electron chi connectivity index (χ1n) is 7.28. The fourth-order valence-electron chi connectivity index (χ4n) is 2.51. The maximum Gasteiger partial charge on any atom is 0.307 e. The molecule has 21 heavy (non-hydrogen) atoms. The number of amides is 1. The highest BCUT2D eigenvalue weighted by atomic mass is 16.5. The number of hydrogen-bond donors (Lipinski definition) is 1. The molecule has 0 unspecified atom stereocenters. The van der Waals surface area contributed by atoms with Gasteiger partial charge in [0, 0.05) is 5.92 Å². The molecule has 4 nitrogen and oxygen atoms in total. The number of carbonyl (C=O) groups is 2. The summed E-state index contributed by atoms with van der Waals surface area (Å²) < 4.78 is 4.73. The zero-order chi connectivity index (χ0) is 15.1. The molecule has 0 saturated heterocycles. The SMILES string of the molecule is COC(=O)C[C@H](NC(=O)[C@H]1CC=CCC1)c1ccccc1. The largest absolute Gasteiger partial charge is 0.469 e. The van der Waals surface area contributed by atoms with Gasteiger partial charge in [-0.25, -0.2) is 0 Å². The standard InChI is InChI=1S/C17H21NO3/c1-21-16(19)12-15(13-8-4-2-5-9-13)18-17(20)14-10-6-3-7-11-14/h2-6,8-9,14-15H,7,10-12H2,1H3,(H,18,20)/t14-,15-/m0/s1. The molecule has 0 saturated carbocycles. The summed E-state index contributed by atoms with van der Waals surface area (Å²) in [4.78, 5) is 23.9. The van der Waals surface area contributed by atoms with E-state index in [2.05, 4.69) is 11.4 Å². The van der Waals surface area contributed by atoms with Crippen LogP contribution in [0.5, 0.6) is 0 Å². The molecular weight excluding hydrogens is 266 g/mol. The normalized spacial score (nSPS) is 18.8. The molecule has 112 valence electrons. The van der Waals surface area contributed by atoms with Crippen molar-refractivity contribution >= 4 is 11.9 Å². The first-order chi connectivity index (χ1) is 10.2. The van der Waals surface area contributed by atoms with E-state index in [1.165, 1.54) is 7.11 Å². The highest BCUT2D eigenvalue weighted by molar-refractivity contribution is 5.80. The smallest absolute Gasteiger partial charge is 0.307 e. The number of nitrogens with one attached hydrogen (secondary N) is 1. The topological polar surface area (TPSA) is 55.4 Å². The molecule has 0 radical (unpaired) electrons.